The number of rotatable bonds is 10. The first-order valence-electron chi connectivity index (χ1n) is 11.9. The number of carbonyl (C=O) groups is 1. The molecule has 0 aliphatic carbocycles. The number of hydrogen-bond donors (Lipinski definition) is 3. The van der Waals surface area contributed by atoms with E-state index >= 15 is 0 Å². The van der Waals surface area contributed by atoms with Gasteiger partial charge in [0.05, 0.1) is 12.1 Å². The molecular weight excluding hydrogens is 464 g/mol. The number of aromatic nitrogens is 1. The fourth-order valence-electron chi connectivity index (χ4n) is 4.16. The Kier molecular flexibility index (Phi) is 8.07. The summed E-state index contributed by atoms with van der Waals surface area (Å²) in [4.78, 5) is 17.3. The number of fused-ring (bicyclic) bond motifs is 1. The minimum atomic E-state index is -1.02. The van der Waals surface area contributed by atoms with Crippen LogP contribution in [-0.2, 0) is 19.4 Å². The van der Waals surface area contributed by atoms with Crippen molar-refractivity contribution in [2.24, 2.45) is 0 Å². The Morgan fingerprint density at radius 3 is 2.53 bits per heavy atom. The molecule has 1 heterocycles. The van der Waals surface area contributed by atoms with Gasteiger partial charge in [-0.15, -0.1) is 0 Å². The highest BCUT2D eigenvalue weighted by Crippen LogP contribution is 2.18. The van der Waals surface area contributed by atoms with Crippen LogP contribution in [0.15, 0.2) is 65.1 Å². The molecule has 3 N–H and O–H groups in total. The number of aryl methyl sites for hydroxylation is 2. The number of oxazole rings is 1. The van der Waals surface area contributed by atoms with Crippen LogP contribution in [0.25, 0.3) is 11.1 Å². The second kappa shape index (κ2) is 11.4. The average Bonchev–Trinajstić information content (AvgIpc) is 3.22. The Hall–Kier alpha value is -3.62. The molecule has 2 atom stereocenters. The SMILES string of the molecule is CCc1cccc(CNC[C@H](O)[C@H](Cc2cc(F)cc(F)c2)NC(=O)c2ccc3nc(C)oc3c2)c1. The maximum atomic E-state index is 13.8. The van der Waals surface area contributed by atoms with Crippen molar-refractivity contribution in [1.29, 1.82) is 0 Å². The smallest absolute Gasteiger partial charge is 0.251 e. The van der Waals surface area contributed by atoms with E-state index in [0.717, 1.165) is 18.1 Å². The third-order valence-electron chi connectivity index (χ3n) is 6.00. The summed E-state index contributed by atoms with van der Waals surface area (Å²) in [5.41, 5.74) is 4.05. The van der Waals surface area contributed by atoms with Crippen LogP contribution in [0.1, 0.15) is 39.9 Å². The second-order valence-corrected chi connectivity index (χ2v) is 8.85. The van der Waals surface area contributed by atoms with Crippen LogP contribution in [-0.4, -0.2) is 34.7 Å². The van der Waals surface area contributed by atoms with Gasteiger partial charge in [-0.25, -0.2) is 13.8 Å². The summed E-state index contributed by atoms with van der Waals surface area (Å²) in [6.45, 7) is 4.50. The molecule has 0 saturated carbocycles. The molecule has 0 bridgehead atoms. The highest BCUT2D eigenvalue weighted by atomic mass is 19.1. The van der Waals surface area contributed by atoms with Gasteiger partial charge in [-0.3, -0.25) is 4.79 Å². The molecular formula is C28H29F2N3O3. The Balaban J connectivity index is 1.48. The molecule has 3 aromatic carbocycles. The van der Waals surface area contributed by atoms with E-state index in [2.05, 4.69) is 34.7 Å². The highest BCUT2D eigenvalue weighted by molar-refractivity contribution is 5.97. The summed E-state index contributed by atoms with van der Waals surface area (Å²) in [5.74, 6) is -1.39. The van der Waals surface area contributed by atoms with Gasteiger partial charge in [-0.1, -0.05) is 31.2 Å². The van der Waals surface area contributed by atoms with Gasteiger partial charge in [0.15, 0.2) is 11.5 Å². The monoisotopic (exact) mass is 493 g/mol. The summed E-state index contributed by atoms with van der Waals surface area (Å²) in [6, 6.07) is 15.4. The molecule has 0 unspecified atom stereocenters. The van der Waals surface area contributed by atoms with Crippen molar-refractivity contribution in [3.8, 4) is 0 Å². The number of aliphatic hydroxyl groups is 1. The van der Waals surface area contributed by atoms with Crippen molar-refractivity contribution < 1.29 is 23.1 Å². The third-order valence-corrected chi connectivity index (χ3v) is 6.00. The fraction of sp³-hybridized carbons (Fsp3) is 0.286. The first-order chi connectivity index (χ1) is 17.3. The van der Waals surface area contributed by atoms with Crippen LogP contribution in [0, 0.1) is 18.6 Å². The van der Waals surface area contributed by atoms with Crippen LogP contribution >= 0.6 is 0 Å². The number of halogens is 2. The van der Waals surface area contributed by atoms with E-state index in [1.165, 1.54) is 17.7 Å². The predicted molar refractivity (Wildman–Crippen MR) is 134 cm³/mol. The zero-order valence-electron chi connectivity index (χ0n) is 20.2. The molecule has 0 aliphatic heterocycles. The van der Waals surface area contributed by atoms with Gasteiger partial charge in [0.25, 0.3) is 5.91 Å². The molecule has 8 heteroatoms. The standard InChI is InChI=1S/C28H29F2N3O3/c1-3-18-5-4-6-19(9-18)15-31-16-26(34)25(12-20-10-22(29)14-23(30)11-20)33-28(35)21-7-8-24-27(13-21)36-17(2)32-24/h4-11,13-14,25-26,31,34H,3,12,15-16H2,1-2H3,(H,33,35)/t25-,26-/m0/s1. The van der Waals surface area contributed by atoms with Crippen molar-refractivity contribution >= 4 is 17.0 Å². The number of nitrogens with one attached hydrogen (secondary N) is 2. The maximum absolute atomic E-state index is 13.8. The molecule has 188 valence electrons. The Labute approximate surface area is 208 Å². The van der Waals surface area contributed by atoms with Crippen molar-refractivity contribution in [3.63, 3.8) is 0 Å². The van der Waals surface area contributed by atoms with Crippen LogP contribution in [0.3, 0.4) is 0 Å². The van der Waals surface area contributed by atoms with E-state index in [1.54, 1.807) is 25.1 Å². The summed E-state index contributed by atoms with van der Waals surface area (Å²) in [7, 11) is 0. The van der Waals surface area contributed by atoms with Gasteiger partial charge in [-0.05, 0) is 59.9 Å². The third kappa shape index (κ3) is 6.53. The molecule has 36 heavy (non-hydrogen) atoms. The average molecular weight is 494 g/mol. The van der Waals surface area contributed by atoms with Crippen molar-refractivity contribution in [1.82, 2.24) is 15.6 Å². The van der Waals surface area contributed by atoms with Crippen LogP contribution in [0.5, 0.6) is 0 Å². The largest absolute Gasteiger partial charge is 0.441 e. The maximum Gasteiger partial charge on any atom is 0.251 e. The van der Waals surface area contributed by atoms with E-state index in [9.17, 15) is 18.7 Å². The van der Waals surface area contributed by atoms with Crippen molar-refractivity contribution in [2.45, 2.75) is 45.4 Å². The van der Waals surface area contributed by atoms with Gasteiger partial charge >= 0.3 is 0 Å². The normalized spacial score (nSPS) is 13.0. The molecule has 1 aromatic heterocycles. The van der Waals surface area contributed by atoms with E-state index in [1.807, 2.05) is 12.1 Å². The topological polar surface area (TPSA) is 87.4 Å². The molecule has 1 amide bonds. The minimum Gasteiger partial charge on any atom is -0.441 e. The van der Waals surface area contributed by atoms with E-state index in [-0.39, 0.29) is 13.0 Å². The van der Waals surface area contributed by atoms with E-state index in [0.29, 0.717) is 34.7 Å². The lowest BCUT2D eigenvalue weighted by Crippen LogP contribution is -2.48. The Morgan fingerprint density at radius 1 is 1.03 bits per heavy atom. The molecule has 6 nitrogen and oxygen atoms in total. The zero-order chi connectivity index (χ0) is 25.7. The predicted octanol–water partition coefficient (Wildman–Crippen LogP) is 4.47. The molecule has 0 spiro atoms. The summed E-state index contributed by atoms with van der Waals surface area (Å²) in [6.07, 6.45) is -0.0576. The van der Waals surface area contributed by atoms with Crippen LogP contribution in [0.4, 0.5) is 8.78 Å². The van der Waals surface area contributed by atoms with Crippen molar-refractivity contribution in [2.75, 3.05) is 6.54 Å². The lowest BCUT2D eigenvalue weighted by atomic mass is 10.00. The van der Waals surface area contributed by atoms with E-state index in [4.69, 9.17) is 4.42 Å². The highest BCUT2D eigenvalue weighted by Gasteiger charge is 2.23. The molecule has 0 fully saturated rings. The fourth-order valence-corrected chi connectivity index (χ4v) is 4.16. The van der Waals surface area contributed by atoms with Gasteiger partial charge in [0, 0.05) is 31.6 Å². The van der Waals surface area contributed by atoms with Crippen molar-refractivity contribution in [3.05, 3.63) is 100 Å². The first kappa shape index (κ1) is 25.5. The molecule has 0 saturated heterocycles. The van der Waals surface area contributed by atoms with Crippen LogP contribution in [0.2, 0.25) is 0 Å². The van der Waals surface area contributed by atoms with Gasteiger partial charge in [0.1, 0.15) is 17.2 Å². The molecule has 4 aromatic rings. The number of nitrogens with zero attached hydrogens (tertiary/aromatic N) is 1. The molecule has 0 aliphatic rings. The molecule has 0 radical (unpaired) electrons. The van der Waals surface area contributed by atoms with Crippen LogP contribution < -0.4 is 10.6 Å². The Morgan fingerprint density at radius 2 is 1.78 bits per heavy atom. The number of hydrogen-bond acceptors (Lipinski definition) is 5. The summed E-state index contributed by atoms with van der Waals surface area (Å²) in [5, 5.41) is 17.0. The first-order valence-corrected chi connectivity index (χ1v) is 11.9. The lowest BCUT2D eigenvalue weighted by molar-refractivity contribution is 0.0830. The number of aliphatic hydroxyl groups excluding tert-OH is 1. The Bertz CT molecular complexity index is 1330. The number of benzene rings is 3. The lowest BCUT2D eigenvalue weighted by Gasteiger charge is -2.25. The van der Waals surface area contributed by atoms with Gasteiger partial charge in [-0.2, -0.15) is 0 Å². The number of amides is 1. The summed E-state index contributed by atoms with van der Waals surface area (Å²) < 4.78 is 33.1. The van der Waals surface area contributed by atoms with Gasteiger partial charge in [0.2, 0.25) is 0 Å². The minimum absolute atomic E-state index is 0.0399. The zero-order valence-corrected chi connectivity index (χ0v) is 20.2. The quantitative estimate of drug-likeness (QED) is 0.304. The molecule has 4 rings (SSSR count). The van der Waals surface area contributed by atoms with Gasteiger partial charge < -0.3 is 20.2 Å². The van der Waals surface area contributed by atoms with E-state index < -0.39 is 29.7 Å². The number of carbonyl (C=O) groups excluding carboxylic acids is 1. The summed E-state index contributed by atoms with van der Waals surface area (Å²) >= 11 is 0. The second-order valence-electron chi connectivity index (χ2n) is 8.85.